The molecule has 0 aliphatic heterocycles. The van der Waals surface area contributed by atoms with E-state index < -0.39 is 10.0 Å². The Hall–Kier alpha value is -1.27. The van der Waals surface area contributed by atoms with Crippen LogP contribution in [0.2, 0.25) is 0 Å². The van der Waals surface area contributed by atoms with Gasteiger partial charge in [-0.3, -0.25) is 0 Å². The van der Waals surface area contributed by atoms with E-state index in [4.69, 9.17) is 9.47 Å². The van der Waals surface area contributed by atoms with Crippen molar-refractivity contribution in [2.75, 3.05) is 27.3 Å². The smallest absolute Gasteiger partial charge is 0.243 e. The zero-order valence-electron chi connectivity index (χ0n) is 11.1. The first-order chi connectivity index (χ1) is 8.51. The number of benzene rings is 1. The highest BCUT2D eigenvalue weighted by Gasteiger charge is 2.22. The fraction of sp³-hybridized carbons (Fsp3) is 0.500. The molecule has 1 aromatic rings. The predicted octanol–water partition coefficient (Wildman–Crippen LogP) is 1.73. The van der Waals surface area contributed by atoms with Gasteiger partial charge >= 0.3 is 0 Å². The zero-order chi connectivity index (χ0) is 13.8. The maximum atomic E-state index is 12.3. The van der Waals surface area contributed by atoms with Crippen molar-refractivity contribution in [3.05, 3.63) is 18.2 Å². The first-order valence-electron chi connectivity index (χ1n) is 5.73. The first-order valence-corrected chi connectivity index (χ1v) is 7.17. The average Bonchev–Trinajstić information content (AvgIpc) is 2.38. The maximum Gasteiger partial charge on any atom is 0.243 e. The molecule has 0 N–H and O–H groups in total. The molecule has 1 aromatic carbocycles. The van der Waals surface area contributed by atoms with Gasteiger partial charge in [0.15, 0.2) is 11.5 Å². The van der Waals surface area contributed by atoms with Crippen LogP contribution >= 0.6 is 0 Å². The van der Waals surface area contributed by atoms with E-state index in [2.05, 4.69) is 0 Å². The molecule has 0 heterocycles. The van der Waals surface area contributed by atoms with Crippen LogP contribution in [0.5, 0.6) is 11.5 Å². The second kappa shape index (κ2) is 6.06. The number of methoxy groups -OCH3 is 2. The monoisotopic (exact) mass is 273 g/mol. The van der Waals surface area contributed by atoms with Gasteiger partial charge in [0.25, 0.3) is 0 Å². The van der Waals surface area contributed by atoms with E-state index in [-0.39, 0.29) is 4.90 Å². The molecule has 18 heavy (non-hydrogen) atoms. The van der Waals surface area contributed by atoms with Crippen molar-refractivity contribution in [2.45, 2.75) is 18.7 Å². The van der Waals surface area contributed by atoms with E-state index in [9.17, 15) is 8.42 Å². The average molecular weight is 273 g/mol. The number of ether oxygens (including phenoxy) is 2. The van der Waals surface area contributed by atoms with Crippen molar-refractivity contribution in [2.24, 2.45) is 0 Å². The standard InChI is InChI=1S/C12H19NO4S/c1-5-13(6-2)18(14,15)10-7-8-11(16-3)12(9-10)17-4/h7-9H,5-6H2,1-4H3. The molecule has 0 fully saturated rings. The van der Waals surface area contributed by atoms with Gasteiger partial charge in [-0.1, -0.05) is 13.8 Å². The minimum absolute atomic E-state index is 0.212. The molecular weight excluding hydrogens is 254 g/mol. The predicted molar refractivity (Wildman–Crippen MR) is 69.7 cm³/mol. The topological polar surface area (TPSA) is 55.8 Å². The Morgan fingerprint density at radius 1 is 1.06 bits per heavy atom. The van der Waals surface area contributed by atoms with Crippen molar-refractivity contribution in [3.8, 4) is 11.5 Å². The molecule has 0 radical (unpaired) electrons. The SMILES string of the molecule is CCN(CC)S(=O)(=O)c1ccc(OC)c(OC)c1. The van der Waals surface area contributed by atoms with Crippen LogP contribution in [0, 0.1) is 0 Å². The molecule has 0 saturated heterocycles. The number of rotatable bonds is 6. The van der Waals surface area contributed by atoms with Crippen molar-refractivity contribution in [1.29, 1.82) is 0 Å². The molecule has 0 bridgehead atoms. The van der Waals surface area contributed by atoms with Crippen LogP contribution in [0.3, 0.4) is 0 Å². The summed E-state index contributed by atoms with van der Waals surface area (Å²) in [5.41, 5.74) is 0. The molecule has 102 valence electrons. The summed E-state index contributed by atoms with van der Waals surface area (Å²) >= 11 is 0. The Balaban J connectivity index is 3.25. The number of nitrogens with zero attached hydrogens (tertiary/aromatic N) is 1. The summed E-state index contributed by atoms with van der Waals surface area (Å²) in [4.78, 5) is 0.212. The van der Waals surface area contributed by atoms with Crippen LogP contribution < -0.4 is 9.47 Å². The molecule has 0 amide bonds. The van der Waals surface area contributed by atoms with E-state index >= 15 is 0 Å². The summed E-state index contributed by atoms with van der Waals surface area (Å²) in [6.07, 6.45) is 0. The largest absolute Gasteiger partial charge is 0.493 e. The molecule has 0 unspecified atom stereocenters. The van der Waals surface area contributed by atoms with Gasteiger partial charge in [-0.25, -0.2) is 8.42 Å². The van der Waals surface area contributed by atoms with Gasteiger partial charge in [-0.15, -0.1) is 0 Å². The maximum absolute atomic E-state index is 12.3. The fourth-order valence-corrected chi connectivity index (χ4v) is 3.16. The van der Waals surface area contributed by atoms with Crippen molar-refractivity contribution in [1.82, 2.24) is 4.31 Å². The zero-order valence-corrected chi connectivity index (χ0v) is 12.0. The second-order valence-corrected chi connectivity index (χ2v) is 5.54. The van der Waals surface area contributed by atoms with Crippen molar-refractivity contribution in [3.63, 3.8) is 0 Å². The molecule has 1 rings (SSSR count). The van der Waals surface area contributed by atoms with Gasteiger partial charge in [0.1, 0.15) is 0 Å². The Kier molecular flexibility index (Phi) is 4.98. The van der Waals surface area contributed by atoms with Crippen LogP contribution in [0.15, 0.2) is 23.1 Å². The van der Waals surface area contributed by atoms with Crippen LogP contribution in [0.25, 0.3) is 0 Å². The van der Waals surface area contributed by atoms with Crippen LogP contribution in [0.1, 0.15) is 13.8 Å². The molecule has 0 aliphatic rings. The molecule has 0 spiro atoms. The molecule has 5 nitrogen and oxygen atoms in total. The number of hydrogen-bond donors (Lipinski definition) is 0. The highest BCUT2D eigenvalue weighted by atomic mass is 32.2. The summed E-state index contributed by atoms with van der Waals surface area (Å²) in [5, 5.41) is 0. The lowest BCUT2D eigenvalue weighted by molar-refractivity contribution is 0.353. The highest BCUT2D eigenvalue weighted by molar-refractivity contribution is 7.89. The first kappa shape index (κ1) is 14.8. The third kappa shape index (κ3) is 2.76. The quantitative estimate of drug-likeness (QED) is 0.792. The Morgan fingerprint density at radius 3 is 2.06 bits per heavy atom. The molecule has 0 saturated carbocycles. The highest BCUT2D eigenvalue weighted by Crippen LogP contribution is 2.30. The molecule has 0 aliphatic carbocycles. The summed E-state index contributed by atoms with van der Waals surface area (Å²) in [6.45, 7) is 4.49. The molecule has 6 heteroatoms. The minimum Gasteiger partial charge on any atom is -0.493 e. The summed E-state index contributed by atoms with van der Waals surface area (Å²) in [6, 6.07) is 4.59. The lowest BCUT2D eigenvalue weighted by Gasteiger charge is -2.19. The van der Waals surface area contributed by atoms with Gasteiger partial charge in [0, 0.05) is 19.2 Å². The lowest BCUT2D eigenvalue weighted by atomic mass is 10.3. The van der Waals surface area contributed by atoms with E-state index in [1.807, 2.05) is 13.8 Å². The fourth-order valence-electron chi connectivity index (χ4n) is 1.69. The number of hydrogen-bond acceptors (Lipinski definition) is 4. The van der Waals surface area contributed by atoms with Gasteiger partial charge in [-0.05, 0) is 12.1 Å². The van der Waals surface area contributed by atoms with Gasteiger partial charge in [-0.2, -0.15) is 4.31 Å². The second-order valence-electron chi connectivity index (χ2n) is 3.61. The summed E-state index contributed by atoms with van der Waals surface area (Å²) < 4.78 is 36.2. The lowest BCUT2D eigenvalue weighted by Crippen LogP contribution is -2.30. The van der Waals surface area contributed by atoms with E-state index in [0.717, 1.165) is 0 Å². The van der Waals surface area contributed by atoms with Crippen molar-refractivity contribution < 1.29 is 17.9 Å². The van der Waals surface area contributed by atoms with Crippen molar-refractivity contribution >= 4 is 10.0 Å². The molecule has 0 atom stereocenters. The van der Waals surface area contributed by atoms with Crippen LogP contribution in [-0.2, 0) is 10.0 Å². The number of sulfonamides is 1. The van der Waals surface area contributed by atoms with E-state index in [0.29, 0.717) is 24.6 Å². The summed E-state index contributed by atoms with van der Waals surface area (Å²) in [7, 11) is -0.473. The normalized spacial score (nSPS) is 11.6. The molecule has 0 aromatic heterocycles. The summed E-state index contributed by atoms with van der Waals surface area (Å²) in [5.74, 6) is 0.918. The van der Waals surface area contributed by atoms with Gasteiger partial charge < -0.3 is 9.47 Å². The van der Waals surface area contributed by atoms with Gasteiger partial charge in [0.2, 0.25) is 10.0 Å². The Bertz CT molecular complexity index is 495. The van der Waals surface area contributed by atoms with Gasteiger partial charge in [0.05, 0.1) is 19.1 Å². The minimum atomic E-state index is -3.46. The van der Waals surface area contributed by atoms with Crippen LogP contribution in [-0.4, -0.2) is 40.0 Å². The van der Waals surface area contributed by atoms with Crippen LogP contribution in [0.4, 0.5) is 0 Å². The Labute approximate surface area is 108 Å². The molecular formula is C12H19NO4S. The van der Waals surface area contributed by atoms with E-state index in [1.54, 1.807) is 6.07 Å². The Morgan fingerprint density at radius 2 is 1.61 bits per heavy atom. The third-order valence-electron chi connectivity index (χ3n) is 2.70. The third-order valence-corrected chi connectivity index (χ3v) is 4.74. The van der Waals surface area contributed by atoms with E-state index in [1.165, 1.54) is 30.7 Å².